The van der Waals surface area contributed by atoms with Gasteiger partial charge in [-0.1, -0.05) is 48.5 Å². The molecular formula is C50H68N16O11. The molecule has 27 heteroatoms. The maximum Gasteiger partial charge on any atom is 0.326 e. The fourth-order valence-corrected chi connectivity index (χ4v) is 8.48. The van der Waals surface area contributed by atoms with E-state index in [-0.39, 0.29) is 89.8 Å². The van der Waals surface area contributed by atoms with Crippen LogP contribution < -0.4 is 65.1 Å². The van der Waals surface area contributed by atoms with E-state index in [1.165, 1.54) is 19.4 Å². The Morgan fingerprint density at radius 2 is 1.42 bits per heavy atom. The predicted octanol–water partition coefficient (Wildman–Crippen LogP) is -2.39. The van der Waals surface area contributed by atoms with Crippen LogP contribution in [0.1, 0.15) is 75.1 Å². The van der Waals surface area contributed by atoms with Gasteiger partial charge in [-0.3, -0.25) is 43.3 Å². The molecule has 4 aromatic rings. The van der Waals surface area contributed by atoms with Crippen LogP contribution in [0.3, 0.4) is 0 Å². The first-order chi connectivity index (χ1) is 36.9. The number of aromatic amines is 2. The maximum absolute atomic E-state index is 14.7. The number of aliphatic imine (C=N–C) groups is 1. The molecule has 0 aliphatic carbocycles. The first-order valence-electron chi connectivity index (χ1n) is 25.1. The Morgan fingerprint density at radius 3 is 2.09 bits per heavy atom. The normalized spacial score (nSPS) is 20.8. The van der Waals surface area contributed by atoms with Crippen molar-refractivity contribution in [2.45, 2.75) is 120 Å². The lowest BCUT2D eigenvalue weighted by molar-refractivity contribution is -0.142. The van der Waals surface area contributed by atoms with Gasteiger partial charge in [0.2, 0.25) is 47.3 Å². The third kappa shape index (κ3) is 19.6. The number of carbonyl (C=O) groups is 10. The van der Waals surface area contributed by atoms with Crippen LogP contribution >= 0.6 is 0 Å². The molecular weight excluding hydrogens is 1000 g/mol. The Hall–Kier alpha value is -9.04. The molecule has 27 nitrogen and oxygen atoms in total. The number of benzene rings is 2. The van der Waals surface area contributed by atoms with Gasteiger partial charge >= 0.3 is 12.0 Å². The number of hydrogen-bond donors (Lipinski definition) is 15. The van der Waals surface area contributed by atoms with E-state index >= 15 is 0 Å². The van der Waals surface area contributed by atoms with Crippen LogP contribution in [0.15, 0.2) is 78.3 Å². The van der Waals surface area contributed by atoms with Crippen LogP contribution in [0, 0.1) is 0 Å². The Bertz CT molecular complexity index is 2710. The van der Waals surface area contributed by atoms with E-state index in [0.29, 0.717) is 16.8 Å². The molecule has 3 heterocycles. The lowest BCUT2D eigenvalue weighted by Crippen LogP contribution is -2.61. The molecule has 0 unspecified atom stereocenters. The number of urea groups is 1. The molecule has 1 saturated heterocycles. The van der Waals surface area contributed by atoms with Crippen molar-refractivity contribution in [3.8, 4) is 0 Å². The average Bonchev–Trinajstić information content (AvgIpc) is 4.07. The average molecular weight is 1070 g/mol. The zero-order valence-corrected chi connectivity index (χ0v) is 42.5. The first kappa shape index (κ1) is 58.8. The number of hydrogen-bond acceptors (Lipinski definition) is 12. The molecule has 10 amide bonds. The zero-order chi connectivity index (χ0) is 55.9. The van der Waals surface area contributed by atoms with E-state index < -0.39 is 108 Å². The lowest BCUT2D eigenvalue weighted by atomic mass is 10.0. The number of imidazole rings is 1. The second-order valence-electron chi connectivity index (χ2n) is 18.4. The van der Waals surface area contributed by atoms with Gasteiger partial charge in [0, 0.05) is 74.8 Å². The maximum atomic E-state index is 14.7. The smallest absolute Gasteiger partial charge is 0.326 e. The summed E-state index contributed by atoms with van der Waals surface area (Å²) in [5, 5.41) is 34.4. The monoisotopic (exact) mass is 1070 g/mol. The highest BCUT2D eigenvalue weighted by Gasteiger charge is 2.35. The highest BCUT2D eigenvalue weighted by atomic mass is 16.4. The molecule has 0 saturated carbocycles. The van der Waals surface area contributed by atoms with Gasteiger partial charge in [-0.05, 0) is 62.1 Å². The number of amides is 10. The summed E-state index contributed by atoms with van der Waals surface area (Å²) in [5.74, 6) is -8.29. The van der Waals surface area contributed by atoms with Crippen molar-refractivity contribution in [3.63, 3.8) is 0 Å². The Morgan fingerprint density at radius 1 is 0.766 bits per heavy atom. The number of aliphatic carboxylic acids is 1. The van der Waals surface area contributed by atoms with E-state index in [1.54, 1.807) is 54.7 Å². The van der Waals surface area contributed by atoms with Crippen LogP contribution in [0.5, 0.6) is 0 Å². The number of H-pyrrole nitrogens is 2. The number of nitrogens with two attached hydrogens (primary N) is 3. The van der Waals surface area contributed by atoms with Crippen LogP contribution in [0.2, 0.25) is 0 Å². The topological polar surface area (TPSA) is 434 Å². The number of carbonyl (C=O) groups excluding carboxylic acids is 9. The summed E-state index contributed by atoms with van der Waals surface area (Å²) in [4.78, 5) is 150. The first-order valence-corrected chi connectivity index (χ1v) is 25.1. The zero-order valence-electron chi connectivity index (χ0n) is 42.5. The summed E-state index contributed by atoms with van der Waals surface area (Å²) in [6.45, 7) is 1.22. The van der Waals surface area contributed by atoms with Crippen molar-refractivity contribution in [1.29, 1.82) is 0 Å². The molecule has 0 bridgehead atoms. The summed E-state index contributed by atoms with van der Waals surface area (Å²) < 4.78 is 0. The number of primary amides is 1. The number of para-hydroxylation sites is 1. The third-order valence-corrected chi connectivity index (χ3v) is 12.4. The Labute approximate surface area is 442 Å². The van der Waals surface area contributed by atoms with Gasteiger partial charge in [-0.2, -0.15) is 0 Å². The van der Waals surface area contributed by atoms with Crippen molar-refractivity contribution >= 4 is 76.1 Å². The number of fused-ring (bicyclic) bond motifs is 1. The molecule has 5 rings (SSSR count). The summed E-state index contributed by atoms with van der Waals surface area (Å²) in [6.07, 6.45) is 3.55. The molecule has 77 heavy (non-hydrogen) atoms. The number of aromatic nitrogens is 3. The molecule has 1 aliphatic heterocycles. The van der Waals surface area contributed by atoms with Crippen LogP contribution in [-0.2, 0) is 62.4 Å². The Kier molecular flexibility index (Phi) is 22.7. The van der Waals surface area contributed by atoms with E-state index in [2.05, 4.69) is 67.8 Å². The molecule has 7 atom stereocenters. The van der Waals surface area contributed by atoms with Crippen LogP contribution in [0.4, 0.5) is 4.79 Å². The summed E-state index contributed by atoms with van der Waals surface area (Å²) in [5.41, 5.74) is 18.4. The van der Waals surface area contributed by atoms with Crippen molar-refractivity contribution in [2.24, 2.45) is 22.2 Å². The van der Waals surface area contributed by atoms with Crippen LogP contribution in [-0.4, -0.2) is 147 Å². The fraction of sp³-hybridized carbons (Fsp3) is 0.440. The van der Waals surface area contributed by atoms with Crippen molar-refractivity contribution < 1.29 is 53.1 Å². The lowest BCUT2D eigenvalue weighted by Gasteiger charge is -2.28. The van der Waals surface area contributed by atoms with Gasteiger partial charge in [0.1, 0.15) is 42.3 Å². The van der Waals surface area contributed by atoms with Gasteiger partial charge in [0.05, 0.1) is 12.7 Å². The summed E-state index contributed by atoms with van der Waals surface area (Å²) in [6, 6.07) is 4.69. The van der Waals surface area contributed by atoms with Gasteiger partial charge in [-0.15, -0.1) is 0 Å². The van der Waals surface area contributed by atoms with Crippen LogP contribution in [0.25, 0.3) is 10.9 Å². The van der Waals surface area contributed by atoms with Gasteiger partial charge in [0.25, 0.3) is 0 Å². The molecule has 2 aromatic carbocycles. The van der Waals surface area contributed by atoms with Crippen molar-refractivity contribution in [2.75, 3.05) is 19.6 Å². The van der Waals surface area contributed by atoms with Crippen molar-refractivity contribution in [1.82, 2.24) is 62.8 Å². The van der Waals surface area contributed by atoms with Gasteiger partial charge in [0.15, 0.2) is 5.96 Å². The third-order valence-electron chi connectivity index (χ3n) is 12.4. The fourth-order valence-electron chi connectivity index (χ4n) is 8.48. The quantitative estimate of drug-likeness (QED) is 0.0281. The largest absolute Gasteiger partial charge is 0.480 e. The highest BCUT2D eigenvalue weighted by molar-refractivity contribution is 5.99. The number of nitrogens with one attached hydrogen (secondary N) is 11. The molecule has 414 valence electrons. The molecule has 0 spiro atoms. The highest BCUT2D eigenvalue weighted by Crippen LogP contribution is 2.20. The SMILES string of the molecule is CC(=O)N[C@@H](CCCN=C(N)N)C(=O)N[C@H]1CC(=O)NCCCC[C@@H](C(=O)O)NC(=O)[C@H](Cc2c[nH]c3ccccc23)NC(=O)[C@H](CCCNC(N)=O)NC(=O)[C@@H](Cc2ccccc2)NC(=O)[C@H](Cc2cnc[nH]2)NC1=O. The van der Waals surface area contributed by atoms with Gasteiger partial charge < -0.3 is 80.1 Å². The standard InChI is InChI=1S/C50H68N16O11/c1-28(67)60-34(16-9-19-56-49(51)52)42(69)66-40-24-41(68)55-18-8-7-15-36(48(75)76)62-45(72)38(22-30-25-58-33-14-6-5-13-32(30)33)64-43(70)35(17-10-20-57-50(53)77)61-44(71)37(21-29-11-3-2-4-12-29)63-46(73)39(65-47(40)74)23-31-26-54-27-59-31/h2-6,11-14,25-27,34-40,58H,7-10,15-24H2,1H3,(H,54,59)(H,55,68)(H,60,67)(H,61,71)(H,62,72)(H,63,73)(H,64,70)(H,65,74)(H,66,69)(H,75,76)(H4,51,52,56)(H3,53,57,77)/t34-,35-,36-,37+,38-,39-,40-/m0/s1. The second kappa shape index (κ2) is 29.7. The molecule has 1 aliphatic rings. The minimum Gasteiger partial charge on any atom is -0.480 e. The number of nitrogens with zero attached hydrogens (tertiary/aromatic N) is 2. The van der Waals surface area contributed by atoms with E-state index in [9.17, 15) is 53.1 Å². The van der Waals surface area contributed by atoms with E-state index in [1.807, 2.05) is 6.07 Å². The number of guanidine groups is 1. The molecule has 18 N–H and O–H groups in total. The minimum atomic E-state index is -1.68. The minimum absolute atomic E-state index is 0.00771. The second-order valence-corrected chi connectivity index (χ2v) is 18.4. The number of carboxylic acids is 1. The van der Waals surface area contributed by atoms with E-state index in [0.717, 1.165) is 10.9 Å². The Balaban J connectivity index is 1.54. The number of rotatable bonds is 18. The molecule has 2 aromatic heterocycles. The van der Waals surface area contributed by atoms with Gasteiger partial charge in [-0.25, -0.2) is 14.6 Å². The summed E-state index contributed by atoms with van der Waals surface area (Å²) >= 11 is 0. The summed E-state index contributed by atoms with van der Waals surface area (Å²) in [7, 11) is 0. The van der Waals surface area contributed by atoms with E-state index in [4.69, 9.17) is 17.2 Å². The predicted molar refractivity (Wildman–Crippen MR) is 279 cm³/mol. The molecule has 0 radical (unpaired) electrons. The van der Waals surface area contributed by atoms with Crippen molar-refractivity contribution in [3.05, 3.63) is 90.1 Å². The molecule has 1 fully saturated rings. The number of carboxylic acid groups (broad SMARTS) is 1.